The van der Waals surface area contributed by atoms with Gasteiger partial charge >= 0.3 is 0 Å². The molecule has 0 atom stereocenters. The standard InChI is InChI=1S/C16H14BrN7OS.C5H9NO/c1-2-24-6-5-13(23-24)20-16-18-8-12(26-16)15(25)21-14-9-7-19-22-11(9)4-3-10(14)17;7-5-6-3-1-2-4-6/h3-8H,2H2,1H3,(H,19,22)(H,21,25)(H,18,20,23);5H,1-4H2. The number of nitrogens with one attached hydrogen (secondary N) is 3. The average Bonchev–Trinajstić information content (AvgIpc) is 3.62. The molecule has 5 rings (SSSR count). The van der Waals surface area contributed by atoms with Crippen molar-refractivity contribution in [2.24, 2.45) is 0 Å². The normalized spacial score (nSPS) is 13.0. The summed E-state index contributed by atoms with van der Waals surface area (Å²) in [6.45, 7) is 4.76. The minimum absolute atomic E-state index is 0.232. The van der Waals surface area contributed by atoms with E-state index in [9.17, 15) is 9.59 Å². The van der Waals surface area contributed by atoms with Crippen LogP contribution in [0.15, 0.2) is 41.3 Å². The van der Waals surface area contributed by atoms with Crippen LogP contribution in [0.25, 0.3) is 10.9 Å². The van der Waals surface area contributed by atoms with Crippen molar-refractivity contribution in [3.05, 3.63) is 46.1 Å². The molecule has 0 radical (unpaired) electrons. The molecule has 4 aromatic rings. The van der Waals surface area contributed by atoms with Gasteiger partial charge in [0.1, 0.15) is 4.88 Å². The van der Waals surface area contributed by atoms with Crippen molar-refractivity contribution >= 4 is 67.1 Å². The highest BCUT2D eigenvalue weighted by Crippen LogP contribution is 2.31. The highest BCUT2D eigenvalue weighted by Gasteiger charge is 2.15. The second-order valence-corrected chi connectivity index (χ2v) is 9.15. The van der Waals surface area contributed by atoms with Gasteiger partial charge in [-0.25, -0.2) is 4.98 Å². The molecular weight excluding hydrogens is 508 g/mol. The molecule has 1 saturated heterocycles. The van der Waals surface area contributed by atoms with E-state index in [1.165, 1.54) is 24.2 Å². The summed E-state index contributed by atoms with van der Waals surface area (Å²) in [6.07, 6.45) is 8.42. The number of anilines is 3. The van der Waals surface area contributed by atoms with Crippen molar-refractivity contribution in [2.75, 3.05) is 23.7 Å². The molecule has 0 bridgehead atoms. The maximum atomic E-state index is 12.6. The van der Waals surface area contributed by atoms with E-state index in [2.05, 4.69) is 46.8 Å². The molecule has 0 saturated carbocycles. The van der Waals surface area contributed by atoms with Crippen LogP contribution in [0.4, 0.5) is 16.6 Å². The number of H-pyrrole nitrogens is 1. The van der Waals surface area contributed by atoms with E-state index in [1.807, 2.05) is 36.0 Å². The molecule has 1 fully saturated rings. The van der Waals surface area contributed by atoms with E-state index >= 15 is 0 Å². The molecule has 0 spiro atoms. The highest BCUT2D eigenvalue weighted by atomic mass is 79.9. The number of hydrogen-bond acceptors (Lipinski definition) is 7. The van der Waals surface area contributed by atoms with Gasteiger partial charge in [0.25, 0.3) is 5.91 Å². The van der Waals surface area contributed by atoms with Crippen LogP contribution in [0.1, 0.15) is 29.4 Å². The average molecular weight is 531 g/mol. The number of hydrogen-bond donors (Lipinski definition) is 3. The number of aromatic nitrogens is 5. The fourth-order valence-electron chi connectivity index (χ4n) is 3.29. The van der Waals surface area contributed by atoms with E-state index < -0.39 is 0 Å². The Balaban J connectivity index is 0.000000318. The maximum absolute atomic E-state index is 12.6. The predicted molar refractivity (Wildman–Crippen MR) is 132 cm³/mol. The minimum Gasteiger partial charge on any atom is -0.345 e. The van der Waals surface area contributed by atoms with E-state index in [0.717, 1.165) is 41.4 Å². The van der Waals surface area contributed by atoms with Gasteiger partial charge in [0.05, 0.1) is 23.6 Å². The van der Waals surface area contributed by atoms with Gasteiger partial charge in [0.2, 0.25) is 6.41 Å². The third-order valence-electron chi connectivity index (χ3n) is 5.03. The number of rotatable bonds is 6. The van der Waals surface area contributed by atoms with Crippen molar-refractivity contribution in [1.82, 2.24) is 29.9 Å². The number of amides is 2. The van der Waals surface area contributed by atoms with E-state index in [0.29, 0.717) is 21.5 Å². The van der Waals surface area contributed by atoms with Crippen LogP contribution >= 0.6 is 27.3 Å². The largest absolute Gasteiger partial charge is 0.345 e. The van der Waals surface area contributed by atoms with Crippen molar-refractivity contribution in [2.45, 2.75) is 26.3 Å². The van der Waals surface area contributed by atoms with Crippen LogP contribution in [0.3, 0.4) is 0 Å². The fourth-order valence-corrected chi connectivity index (χ4v) is 4.45. The summed E-state index contributed by atoms with van der Waals surface area (Å²) in [5.41, 5.74) is 1.52. The molecule has 1 aromatic carbocycles. The van der Waals surface area contributed by atoms with Crippen molar-refractivity contribution < 1.29 is 9.59 Å². The molecule has 2 amide bonds. The van der Waals surface area contributed by atoms with Crippen LogP contribution in [0, 0.1) is 0 Å². The smallest absolute Gasteiger partial charge is 0.267 e. The quantitative estimate of drug-likeness (QED) is 0.320. The third-order valence-corrected chi connectivity index (χ3v) is 6.60. The Morgan fingerprint density at radius 1 is 1.27 bits per heavy atom. The summed E-state index contributed by atoms with van der Waals surface area (Å²) in [5.74, 6) is 0.461. The lowest BCUT2D eigenvalue weighted by atomic mass is 10.2. The summed E-state index contributed by atoms with van der Waals surface area (Å²) >= 11 is 4.73. The minimum atomic E-state index is -0.232. The van der Waals surface area contributed by atoms with Crippen molar-refractivity contribution in [3.8, 4) is 0 Å². The lowest BCUT2D eigenvalue weighted by molar-refractivity contribution is -0.117. The first-order valence-corrected chi connectivity index (χ1v) is 12.1. The molecule has 10 nitrogen and oxygen atoms in total. The summed E-state index contributed by atoms with van der Waals surface area (Å²) in [4.78, 5) is 29.1. The monoisotopic (exact) mass is 530 g/mol. The summed E-state index contributed by atoms with van der Waals surface area (Å²) in [6, 6.07) is 5.62. The van der Waals surface area contributed by atoms with E-state index in [1.54, 1.807) is 17.3 Å². The zero-order valence-electron chi connectivity index (χ0n) is 17.9. The summed E-state index contributed by atoms with van der Waals surface area (Å²) in [7, 11) is 0. The van der Waals surface area contributed by atoms with Crippen molar-refractivity contribution in [1.29, 1.82) is 0 Å². The Labute approximate surface area is 202 Å². The fraction of sp³-hybridized carbons (Fsp3) is 0.286. The van der Waals surface area contributed by atoms with Crippen LogP contribution in [0.5, 0.6) is 0 Å². The number of fused-ring (bicyclic) bond motifs is 1. The Morgan fingerprint density at radius 2 is 2.09 bits per heavy atom. The Morgan fingerprint density at radius 3 is 2.79 bits per heavy atom. The van der Waals surface area contributed by atoms with Gasteiger partial charge in [-0.2, -0.15) is 10.2 Å². The number of halogens is 1. The van der Waals surface area contributed by atoms with E-state index in [-0.39, 0.29) is 5.91 Å². The zero-order valence-corrected chi connectivity index (χ0v) is 20.3. The topological polar surface area (TPSA) is 121 Å². The van der Waals surface area contributed by atoms with Crippen LogP contribution in [-0.2, 0) is 11.3 Å². The Hall–Kier alpha value is -3.25. The van der Waals surface area contributed by atoms with Crippen LogP contribution in [-0.4, -0.2) is 55.3 Å². The van der Waals surface area contributed by atoms with Gasteiger partial charge in [-0.15, -0.1) is 0 Å². The van der Waals surface area contributed by atoms with Gasteiger partial charge in [-0.1, -0.05) is 11.3 Å². The van der Waals surface area contributed by atoms with Gasteiger partial charge in [0, 0.05) is 41.8 Å². The molecule has 0 aliphatic carbocycles. The molecule has 1 aliphatic rings. The second-order valence-electron chi connectivity index (χ2n) is 7.27. The molecule has 0 unspecified atom stereocenters. The maximum Gasteiger partial charge on any atom is 0.267 e. The lowest BCUT2D eigenvalue weighted by Crippen LogP contribution is -2.15. The number of thiazole rings is 1. The molecule has 4 heterocycles. The molecule has 172 valence electrons. The molecule has 33 heavy (non-hydrogen) atoms. The van der Waals surface area contributed by atoms with Crippen LogP contribution < -0.4 is 10.6 Å². The summed E-state index contributed by atoms with van der Waals surface area (Å²) in [5, 5.41) is 18.7. The van der Waals surface area contributed by atoms with Crippen LogP contribution in [0.2, 0.25) is 0 Å². The number of aromatic amines is 1. The first kappa shape index (κ1) is 22.9. The molecule has 1 aliphatic heterocycles. The van der Waals surface area contributed by atoms with Gasteiger partial charge in [0.15, 0.2) is 10.9 Å². The number of carbonyl (C=O) groups is 2. The molecule has 3 aromatic heterocycles. The van der Waals surface area contributed by atoms with Gasteiger partial charge in [-0.05, 0) is 47.8 Å². The highest BCUT2D eigenvalue weighted by molar-refractivity contribution is 9.10. The number of benzene rings is 1. The second kappa shape index (κ2) is 10.6. The first-order chi connectivity index (χ1) is 16.1. The van der Waals surface area contributed by atoms with E-state index in [4.69, 9.17) is 0 Å². The number of aryl methyl sites for hydroxylation is 1. The number of likely N-dealkylation sites (tertiary alicyclic amines) is 1. The number of nitrogens with zero attached hydrogens (tertiary/aromatic N) is 5. The van der Waals surface area contributed by atoms with Gasteiger partial charge < -0.3 is 15.5 Å². The number of carbonyl (C=O) groups excluding carboxylic acids is 2. The third kappa shape index (κ3) is 5.57. The molecule has 12 heteroatoms. The predicted octanol–water partition coefficient (Wildman–Crippen LogP) is 4.23. The summed E-state index contributed by atoms with van der Waals surface area (Å²) < 4.78 is 2.60. The SMILES string of the molecule is CCn1ccc(Nc2ncc(C(=O)Nc3c(Br)ccc4[nH]ncc34)s2)n1.O=CN1CCCC1. The van der Waals surface area contributed by atoms with Crippen molar-refractivity contribution in [3.63, 3.8) is 0 Å². The Kier molecular flexibility index (Phi) is 7.35. The molecular formula is C21H23BrN8O2S. The first-order valence-electron chi connectivity index (χ1n) is 10.5. The van der Waals surface area contributed by atoms with Gasteiger partial charge in [-0.3, -0.25) is 19.4 Å². The zero-order chi connectivity index (χ0) is 23.2. The lowest BCUT2D eigenvalue weighted by Gasteiger charge is -2.07. The molecule has 3 N–H and O–H groups in total. The Bertz CT molecular complexity index is 1240.